The number of nitrogens with one attached hydrogen (secondary N) is 1. The van der Waals surface area contributed by atoms with E-state index in [0.29, 0.717) is 11.1 Å². The summed E-state index contributed by atoms with van der Waals surface area (Å²) in [4.78, 5) is 44.5. The number of hydrogen-bond donors (Lipinski definition) is 4. The second-order valence-electron chi connectivity index (χ2n) is 8.08. The van der Waals surface area contributed by atoms with E-state index < -0.39 is 28.6 Å². The van der Waals surface area contributed by atoms with Crippen LogP contribution >= 0.6 is 0 Å². The van der Waals surface area contributed by atoms with Crippen LogP contribution in [0, 0.1) is 0 Å². The number of rotatable bonds is 6. The zero-order chi connectivity index (χ0) is 24.0. The summed E-state index contributed by atoms with van der Waals surface area (Å²) in [7, 11) is 1.60. The molecule has 0 unspecified atom stereocenters. The molecule has 2 aromatic carbocycles. The van der Waals surface area contributed by atoms with Crippen molar-refractivity contribution in [2.45, 2.75) is 38.5 Å². The van der Waals surface area contributed by atoms with E-state index in [1.54, 1.807) is 69.4 Å². The maximum absolute atomic E-state index is 11.7. The normalized spacial score (nSPS) is 11.0. The van der Waals surface area contributed by atoms with E-state index in [2.05, 4.69) is 5.32 Å². The van der Waals surface area contributed by atoms with Crippen molar-refractivity contribution >= 4 is 23.6 Å². The van der Waals surface area contributed by atoms with Crippen molar-refractivity contribution in [1.82, 2.24) is 5.32 Å². The Kier molecular flexibility index (Phi) is 8.08. The Morgan fingerprint density at radius 2 is 0.968 bits per heavy atom. The molecule has 0 saturated heterocycles. The average Bonchev–Trinajstić information content (AvgIpc) is 2.73. The molecule has 0 heterocycles. The average molecular weight is 427 g/mol. The van der Waals surface area contributed by atoms with Gasteiger partial charge in [-0.3, -0.25) is 19.2 Å². The number of likely N-dealkylation sites (N-methyl/N-ethyl adjacent to an activating group) is 1. The van der Waals surface area contributed by atoms with Gasteiger partial charge in [0.2, 0.25) is 23.6 Å². The van der Waals surface area contributed by atoms with Crippen molar-refractivity contribution in [3.05, 3.63) is 70.8 Å². The summed E-state index contributed by atoms with van der Waals surface area (Å²) in [5.41, 5.74) is 16.6. The van der Waals surface area contributed by atoms with Gasteiger partial charge in [0, 0.05) is 18.2 Å². The molecule has 31 heavy (non-hydrogen) atoms. The van der Waals surface area contributed by atoms with Crippen molar-refractivity contribution in [3.63, 3.8) is 0 Å². The first-order valence-electron chi connectivity index (χ1n) is 9.58. The zero-order valence-electron chi connectivity index (χ0n) is 18.5. The highest BCUT2D eigenvalue weighted by Gasteiger charge is 2.29. The van der Waals surface area contributed by atoms with Gasteiger partial charge in [-0.15, -0.1) is 0 Å². The maximum Gasteiger partial charge on any atom is 0.248 e. The van der Waals surface area contributed by atoms with Crippen LogP contribution < -0.4 is 22.5 Å². The lowest BCUT2D eigenvalue weighted by atomic mass is 9.83. The molecule has 0 fully saturated rings. The van der Waals surface area contributed by atoms with Crippen molar-refractivity contribution in [3.8, 4) is 0 Å². The van der Waals surface area contributed by atoms with Gasteiger partial charge in [-0.05, 0) is 63.1 Å². The molecule has 0 aliphatic heterocycles. The van der Waals surface area contributed by atoms with Crippen LogP contribution in [0.5, 0.6) is 0 Å². The van der Waals surface area contributed by atoms with E-state index in [-0.39, 0.29) is 5.91 Å². The quantitative estimate of drug-likeness (QED) is 0.549. The minimum Gasteiger partial charge on any atom is -0.369 e. The smallest absolute Gasteiger partial charge is 0.248 e. The first-order chi connectivity index (χ1) is 14.2. The third kappa shape index (κ3) is 6.15. The van der Waals surface area contributed by atoms with Gasteiger partial charge in [0.15, 0.2) is 0 Å². The topological polar surface area (TPSA) is 158 Å². The van der Waals surface area contributed by atoms with Gasteiger partial charge in [0.25, 0.3) is 0 Å². The van der Waals surface area contributed by atoms with E-state index in [1.807, 2.05) is 13.8 Å². The van der Waals surface area contributed by atoms with Gasteiger partial charge in [-0.2, -0.15) is 0 Å². The van der Waals surface area contributed by atoms with Crippen LogP contribution in [0.3, 0.4) is 0 Å². The first-order valence-corrected chi connectivity index (χ1v) is 9.58. The third-order valence-corrected chi connectivity index (χ3v) is 5.19. The van der Waals surface area contributed by atoms with E-state index in [4.69, 9.17) is 17.2 Å². The highest BCUT2D eigenvalue weighted by atomic mass is 16.2. The number of benzene rings is 2. The molecule has 0 atom stereocenters. The number of nitrogens with two attached hydrogens (primary N) is 3. The molecule has 0 bridgehead atoms. The highest BCUT2D eigenvalue weighted by Crippen LogP contribution is 2.24. The number of amides is 4. The van der Waals surface area contributed by atoms with Gasteiger partial charge < -0.3 is 22.5 Å². The molecule has 0 radical (unpaired) electrons. The molecule has 8 nitrogen and oxygen atoms in total. The van der Waals surface area contributed by atoms with E-state index in [9.17, 15) is 19.2 Å². The fraction of sp³-hybridized carbons (Fsp3) is 0.304. The summed E-state index contributed by atoms with van der Waals surface area (Å²) in [6.45, 7) is 7.11. The van der Waals surface area contributed by atoms with Crippen LogP contribution in [0.15, 0.2) is 48.5 Å². The lowest BCUT2D eigenvalue weighted by Crippen LogP contribution is -2.38. The Morgan fingerprint density at radius 1 is 0.645 bits per heavy atom. The van der Waals surface area contributed by atoms with Gasteiger partial charge in [0.1, 0.15) is 0 Å². The van der Waals surface area contributed by atoms with Gasteiger partial charge >= 0.3 is 0 Å². The second kappa shape index (κ2) is 9.88. The summed E-state index contributed by atoms with van der Waals surface area (Å²) in [6, 6.07) is 13.3. The fourth-order valence-electron chi connectivity index (χ4n) is 2.69. The molecule has 0 saturated carbocycles. The Hall–Kier alpha value is -3.68. The predicted molar refractivity (Wildman–Crippen MR) is 119 cm³/mol. The Morgan fingerprint density at radius 3 is 1.23 bits per heavy atom. The lowest BCUT2D eigenvalue weighted by molar-refractivity contribution is -0.125. The van der Waals surface area contributed by atoms with Crippen molar-refractivity contribution < 1.29 is 19.2 Å². The summed E-state index contributed by atoms with van der Waals surface area (Å²) in [5, 5.41) is 2.61. The lowest BCUT2D eigenvalue weighted by Gasteiger charge is -2.23. The maximum atomic E-state index is 11.7. The molecular weight excluding hydrogens is 396 g/mol. The molecule has 0 aliphatic rings. The predicted octanol–water partition coefficient (Wildman–Crippen LogP) is 1.36. The zero-order valence-corrected chi connectivity index (χ0v) is 18.5. The minimum absolute atomic E-state index is 0.0701. The molecule has 0 aliphatic carbocycles. The highest BCUT2D eigenvalue weighted by molar-refractivity contribution is 5.94. The van der Waals surface area contributed by atoms with Crippen molar-refractivity contribution in [2.24, 2.45) is 17.2 Å². The number of primary amides is 3. The molecule has 0 aromatic heterocycles. The Balaban J connectivity index is 0.000000311. The van der Waals surface area contributed by atoms with Crippen LogP contribution in [0.25, 0.3) is 0 Å². The van der Waals surface area contributed by atoms with Crippen LogP contribution in [-0.2, 0) is 20.4 Å². The van der Waals surface area contributed by atoms with Crippen molar-refractivity contribution in [1.29, 1.82) is 0 Å². The van der Waals surface area contributed by atoms with Crippen LogP contribution in [0.2, 0.25) is 0 Å². The van der Waals surface area contributed by atoms with Gasteiger partial charge in [0.05, 0.1) is 10.8 Å². The molecule has 2 rings (SSSR count). The molecule has 166 valence electrons. The molecule has 2 aromatic rings. The largest absolute Gasteiger partial charge is 0.369 e. The van der Waals surface area contributed by atoms with Gasteiger partial charge in [-0.1, -0.05) is 24.3 Å². The Bertz CT molecular complexity index is 962. The Labute approximate surface area is 182 Å². The summed E-state index contributed by atoms with van der Waals surface area (Å²) in [6.07, 6.45) is 0. The van der Waals surface area contributed by atoms with E-state index in [1.165, 1.54) is 0 Å². The molecule has 7 N–H and O–H groups in total. The minimum atomic E-state index is -0.740. The monoisotopic (exact) mass is 426 g/mol. The van der Waals surface area contributed by atoms with E-state index >= 15 is 0 Å². The summed E-state index contributed by atoms with van der Waals surface area (Å²) < 4.78 is 0. The number of carbonyl (C=O) groups excluding carboxylic acids is 4. The third-order valence-electron chi connectivity index (χ3n) is 5.19. The van der Waals surface area contributed by atoms with Gasteiger partial charge in [-0.25, -0.2) is 0 Å². The van der Waals surface area contributed by atoms with Crippen LogP contribution in [0.4, 0.5) is 0 Å². The molecule has 4 amide bonds. The number of hydrogen-bond acceptors (Lipinski definition) is 4. The SMILES string of the molecule is CC(C)(C(N)=O)c1ccc(C(N)=O)cc1.CNC(=O)C(C)(C)c1ccc(C(N)=O)cc1. The van der Waals surface area contributed by atoms with E-state index in [0.717, 1.165) is 11.1 Å². The fourth-order valence-corrected chi connectivity index (χ4v) is 2.69. The second-order valence-corrected chi connectivity index (χ2v) is 8.08. The molecule has 8 heteroatoms. The molecule has 0 spiro atoms. The summed E-state index contributed by atoms with van der Waals surface area (Å²) >= 11 is 0. The van der Waals surface area contributed by atoms with Crippen molar-refractivity contribution in [2.75, 3.05) is 7.05 Å². The first kappa shape index (κ1) is 25.4. The van der Waals surface area contributed by atoms with Crippen LogP contribution in [0.1, 0.15) is 59.5 Å². The molecular formula is C23H30N4O4. The number of carbonyl (C=O) groups is 4. The van der Waals surface area contributed by atoms with Crippen LogP contribution in [-0.4, -0.2) is 30.7 Å². The summed E-state index contributed by atoms with van der Waals surface area (Å²) in [5.74, 6) is -1.43. The standard InChI is InChI=1S/C12H16N2O2.C11H14N2O2/c1-12(2,11(16)14-3)9-6-4-8(5-7-9)10(13)15;1-11(2,10(13)15)8-5-3-7(4-6-8)9(12)14/h4-7H,1-3H3,(H2,13,15)(H,14,16);3-6H,1-2H3,(H2,12,14)(H2,13,15).